The first-order valence-electron chi connectivity index (χ1n) is 9.54. The Morgan fingerprint density at radius 3 is 2.00 bits per heavy atom. The molecule has 2 aromatic rings. The molecule has 1 heterocycles. The number of rotatable bonds is 6. The molecule has 0 aromatic heterocycles. The summed E-state index contributed by atoms with van der Waals surface area (Å²) in [5.41, 5.74) is 1.06. The summed E-state index contributed by atoms with van der Waals surface area (Å²) < 4.78 is 27.0. The molecule has 0 bridgehead atoms. The molecule has 0 aliphatic carbocycles. The number of amides is 1. The average molecular weight is 402 g/mol. The van der Waals surface area contributed by atoms with E-state index in [4.69, 9.17) is 0 Å². The third-order valence-electron chi connectivity index (χ3n) is 5.24. The lowest BCUT2D eigenvalue weighted by Crippen LogP contribution is -2.55. The summed E-state index contributed by atoms with van der Waals surface area (Å²) in [6.45, 7) is 5.64. The fourth-order valence-corrected chi connectivity index (χ4v) is 4.84. The fraction of sp³-hybridized carbons (Fsp3) is 0.381. The Bertz CT molecular complexity index is 880. The second kappa shape index (κ2) is 8.86. The topological polar surface area (TPSA) is 69.7 Å². The lowest BCUT2D eigenvalue weighted by molar-refractivity contribution is -0.127. The van der Waals surface area contributed by atoms with Crippen LogP contribution in [0.2, 0.25) is 0 Å². The van der Waals surface area contributed by atoms with Crippen LogP contribution in [0.3, 0.4) is 0 Å². The molecule has 6 nitrogen and oxygen atoms in total. The van der Waals surface area contributed by atoms with Crippen LogP contribution in [0.1, 0.15) is 25.5 Å². The first kappa shape index (κ1) is 20.5. The van der Waals surface area contributed by atoms with Gasteiger partial charge in [-0.2, -0.15) is 4.31 Å². The maximum Gasteiger partial charge on any atom is 0.243 e. The van der Waals surface area contributed by atoms with Crippen molar-refractivity contribution in [2.24, 2.45) is 0 Å². The Kier molecular flexibility index (Phi) is 6.49. The van der Waals surface area contributed by atoms with E-state index in [-0.39, 0.29) is 18.0 Å². The third-order valence-corrected chi connectivity index (χ3v) is 7.15. The Balaban J connectivity index is 1.56. The largest absolute Gasteiger partial charge is 0.348 e. The van der Waals surface area contributed by atoms with E-state index < -0.39 is 10.0 Å². The molecular formula is C21H27N3O3S. The number of benzene rings is 2. The van der Waals surface area contributed by atoms with E-state index in [0.29, 0.717) is 31.1 Å². The first-order valence-corrected chi connectivity index (χ1v) is 11.0. The third kappa shape index (κ3) is 4.60. The number of carbonyl (C=O) groups is 1. The minimum absolute atomic E-state index is 0.0456. The predicted molar refractivity (Wildman–Crippen MR) is 109 cm³/mol. The van der Waals surface area contributed by atoms with Gasteiger partial charge in [-0.1, -0.05) is 48.5 Å². The van der Waals surface area contributed by atoms with Gasteiger partial charge >= 0.3 is 0 Å². The molecule has 7 heteroatoms. The number of carbonyl (C=O) groups excluding carboxylic acids is 1. The molecule has 0 saturated carbocycles. The van der Waals surface area contributed by atoms with Crippen LogP contribution in [0.5, 0.6) is 0 Å². The molecular weight excluding hydrogens is 374 g/mol. The van der Waals surface area contributed by atoms with Gasteiger partial charge < -0.3 is 5.32 Å². The van der Waals surface area contributed by atoms with Crippen LogP contribution in [0, 0.1) is 0 Å². The molecule has 1 aliphatic heterocycles. The number of sulfonamides is 1. The van der Waals surface area contributed by atoms with Crippen molar-refractivity contribution in [2.45, 2.75) is 30.8 Å². The van der Waals surface area contributed by atoms with Gasteiger partial charge in [-0.3, -0.25) is 9.69 Å². The van der Waals surface area contributed by atoms with Crippen LogP contribution in [0.4, 0.5) is 0 Å². The summed E-state index contributed by atoms with van der Waals surface area (Å²) in [7, 11) is -3.48. The van der Waals surface area contributed by atoms with E-state index in [0.717, 1.165) is 5.56 Å². The van der Waals surface area contributed by atoms with Gasteiger partial charge in [-0.25, -0.2) is 8.42 Å². The molecule has 3 rings (SSSR count). The molecule has 2 atom stereocenters. The van der Waals surface area contributed by atoms with Crippen LogP contribution in [-0.2, 0) is 14.8 Å². The second-order valence-corrected chi connectivity index (χ2v) is 9.01. The van der Waals surface area contributed by atoms with Gasteiger partial charge in [0.2, 0.25) is 15.9 Å². The predicted octanol–water partition coefficient (Wildman–Crippen LogP) is 2.26. The van der Waals surface area contributed by atoms with Crippen LogP contribution < -0.4 is 5.32 Å². The zero-order valence-corrected chi connectivity index (χ0v) is 17.1. The molecule has 1 aliphatic rings. The van der Waals surface area contributed by atoms with Gasteiger partial charge in [0.05, 0.1) is 17.0 Å². The smallest absolute Gasteiger partial charge is 0.243 e. The van der Waals surface area contributed by atoms with Gasteiger partial charge in [0, 0.05) is 26.2 Å². The summed E-state index contributed by atoms with van der Waals surface area (Å²) >= 11 is 0. The maximum absolute atomic E-state index is 12.7. The van der Waals surface area contributed by atoms with Crippen LogP contribution in [0.15, 0.2) is 65.6 Å². The van der Waals surface area contributed by atoms with E-state index in [1.165, 1.54) is 4.31 Å². The molecule has 0 spiro atoms. The lowest BCUT2D eigenvalue weighted by Gasteiger charge is -2.37. The zero-order valence-electron chi connectivity index (χ0n) is 16.3. The molecule has 1 amide bonds. The van der Waals surface area contributed by atoms with Crippen LogP contribution >= 0.6 is 0 Å². The van der Waals surface area contributed by atoms with E-state index in [1.54, 1.807) is 30.3 Å². The highest BCUT2D eigenvalue weighted by Gasteiger charge is 2.32. The number of nitrogens with zero attached hydrogens (tertiary/aromatic N) is 2. The average Bonchev–Trinajstić information content (AvgIpc) is 2.74. The zero-order chi connectivity index (χ0) is 20.1. The van der Waals surface area contributed by atoms with Crippen LogP contribution in [-0.4, -0.2) is 55.8 Å². The summed E-state index contributed by atoms with van der Waals surface area (Å²) in [5, 5.41) is 3.05. The highest BCUT2D eigenvalue weighted by Crippen LogP contribution is 2.18. The molecule has 1 N–H and O–H groups in total. The molecule has 0 radical (unpaired) electrons. The van der Waals surface area contributed by atoms with Gasteiger partial charge in [0.15, 0.2) is 0 Å². The highest BCUT2D eigenvalue weighted by molar-refractivity contribution is 7.89. The van der Waals surface area contributed by atoms with E-state index >= 15 is 0 Å². The quantitative estimate of drug-likeness (QED) is 0.806. The molecule has 28 heavy (non-hydrogen) atoms. The Morgan fingerprint density at radius 2 is 1.43 bits per heavy atom. The molecule has 150 valence electrons. The molecule has 0 unspecified atom stereocenters. The minimum Gasteiger partial charge on any atom is -0.348 e. The number of hydrogen-bond acceptors (Lipinski definition) is 4. The van der Waals surface area contributed by atoms with Crippen molar-refractivity contribution in [3.63, 3.8) is 0 Å². The maximum atomic E-state index is 12.7. The molecule has 2 aromatic carbocycles. The van der Waals surface area contributed by atoms with Crippen molar-refractivity contribution in [2.75, 3.05) is 26.2 Å². The number of hydrogen-bond donors (Lipinski definition) is 1. The van der Waals surface area contributed by atoms with Gasteiger partial charge in [0.25, 0.3) is 0 Å². The van der Waals surface area contributed by atoms with Gasteiger partial charge in [0.1, 0.15) is 0 Å². The highest BCUT2D eigenvalue weighted by atomic mass is 32.2. The van der Waals surface area contributed by atoms with E-state index in [2.05, 4.69) is 5.32 Å². The van der Waals surface area contributed by atoms with Crippen molar-refractivity contribution in [1.82, 2.24) is 14.5 Å². The first-order chi connectivity index (χ1) is 13.4. The summed E-state index contributed by atoms with van der Waals surface area (Å²) in [4.78, 5) is 15.0. The normalized spacial score (nSPS) is 18.4. The molecule has 1 fully saturated rings. The Hall–Kier alpha value is -2.22. The summed E-state index contributed by atoms with van der Waals surface area (Å²) in [5.74, 6) is -0.0456. The monoisotopic (exact) mass is 401 g/mol. The van der Waals surface area contributed by atoms with Crippen molar-refractivity contribution in [3.8, 4) is 0 Å². The van der Waals surface area contributed by atoms with Crippen LogP contribution in [0.25, 0.3) is 0 Å². The second-order valence-electron chi connectivity index (χ2n) is 7.07. The minimum atomic E-state index is -3.48. The Morgan fingerprint density at radius 1 is 0.893 bits per heavy atom. The van der Waals surface area contributed by atoms with Crippen molar-refractivity contribution in [3.05, 3.63) is 66.2 Å². The van der Waals surface area contributed by atoms with E-state index in [1.807, 2.05) is 49.1 Å². The summed E-state index contributed by atoms with van der Waals surface area (Å²) in [6, 6.07) is 17.9. The van der Waals surface area contributed by atoms with Gasteiger partial charge in [-0.15, -0.1) is 0 Å². The number of piperazine rings is 1. The lowest BCUT2D eigenvalue weighted by atomic mass is 10.1. The van der Waals surface area contributed by atoms with E-state index in [9.17, 15) is 13.2 Å². The van der Waals surface area contributed by atoms with Crippen molar-refractivity contribution in [1.29, 1.82) is 0 Å². The summed E-state index contributed by atoms with van der Waals surface area (Å²) in [6.07, 6.45) is 0. The Labute approximate surface area is 167 Å². The SMILES string of the molecule is C[C@H](NC(=O)[C@H](C)N1CCN(S(=O)(=O)c2ccccc2)CC1)c1ccccc1. The molecule has 1 saturated heterocycles. The fourth-order valence-electron chi connectivity index (χ4n) is 3.40. The standard InChI is InChI=1S/C21H27N3O3S/c1-17(19-9-5-3-6-10-19)22-21(25)18(2)23-13-15-24(16-14-23)28(26,27)20-11-7-4-8-12-20/h3-12,17-18H,13-16H2,1-2H3,(H,22,25)/t17-,18-/m0/s1. The number of nitrogens with one attached hydrogen (secondary N) is 1. The van der Waals surface area contributed by atoms with Crippen molar-refractivity contribution < 1.29 is 13.2 Å². The van der Waals surface area contributed by atoms with Crippen molar-refractivity contribution >= 4 is 15.9 Å². The van der Waals surface area contributed by atoms with Gasteiger partial charge in [-0.05, 0) is 31.5 Å².